The molecule has 2 heterocycles. The molecule has 6 heteroatoms. The Morgan fingerprint density at radius 2 is 1.85 bits per heavy atom. The van der Waals surface area contributed by atoms with Crippen LogP contribution < -0.4 is 15.0 Å². The van der Waals surface area contributed by atoms with Crippen LogP contribution in [-0.4, -0.2) is 48.1 Å². The molecule has 0 bridgehead atoms. The van der Waals surface area contributed by atoms with Crippen molar-refractivity contribution in [3.63, 3.8) is 0 Å². The minimum atomic E-state index is -0.150. The fourth-order valence-electron chi connectivity index (χ4n) is 4.01. The minimum absolute atomic E-state index is 0.0409. The highest BCUT2D eigenvalue weighted by Crippen LogP contribution is 2.26. The van der Waals surface area contributed by atoms with Crippen LogP contribution >= 0.6 is 0 Å². The summed E-state index contributed by atoms with van der Waals surface area (Å²) in [6.07, 6.45) is 3.59. The number of amides is 3. The Bertz CT molecular complexity index is 636. The van der Waals surface area contributed by atoms with Gasteiger partial charge in [0.1, 0.15) is 5.75 Å². The van der Waals surface area contributed by atoms with E-state index in [1.165, 1.54) is 6.42 Å². The fourth-order valence-corrected chi connectivity index (χ4v) is 4.01. The summed E-state index contributed by atoms with van der Waals surface area (Å²) < 4.78 is 5.45. The molecule has 1 N–H and O–H groups in total. The monoisotopic (exact) mass is 359 g/mol. The van der Waals surface area contributed by atoms with E-state index in [0.29, 0.717) is 19.6 Å². The van der Waals surface area contributed by atoms with E-state index < -0.39 is 0 Å². The third-order valence-electron chi connectivity index (χ3n) is 5.34. The number of urea groups is 1. The third-order valence-corrected chi connectivity index (χ3v) is 5.34. The largest absolute Gasteiger partial charge is 0.494 e. The summed E-state index contributed by atoms with van der Waals surface area (Å²) in [7, 11) is 0. The number of rotatable bonds is 4. The topological polar surface area (TPSA) is 61.9 Å². The molecule has 1 aromatic rings. The van der Waals surface area contributed by atoms with E-state index in [-0.39, 0.29) is 30.1 Å². The van der Waals surface area contributed by atoms with E-state index in [1.807, 2.05) is 36.1 Å². The van der Waals surface area contributed by atoms with Gasteiger partial charge in [0.25, 0.3) is 0 Å². The molecule has 3 atom stereocenters. The van der Waals surface area contributed by atoms with Gasteiger partial charge in [0.2, 0.25) is 5.91 Å². The molecule has 2 aliphatic heterocycles. The Balaban J connectivity index is 1.61. The van der Waals surface area contributed by atoms with Crippen molar-refractivity contribution in [3.05, 3.63) is 24.3 Å². The molecule has 3 amide bonds. The second kappa shape index (κ2) is 7.98. The van der Waals surface area contributed by atoms with Crippen molar-refractivity contribution in [2.45, 2.75) is 64.6 Å². The second-order valence-electron chi connectivity index (χ2n) is 7.32. The van der Waals surface area contributed by atoms with Crippen LogP contribution in [0.4, 0.5) is 10.5 Å². The first-order chi connectivity index (χ1) is 12.5. The van der Waals surface area contributed by atoms with Gasteiger partial charge in [-0.3, -0.25) is 4.79 Å². The summed E-state index contributed by atoms with van der Waals surface area (Å²) in [6.45, 7) is 7.26. The van der Waals surface area contributed by atoms with Gasteiger partial charge in [0.15, 0.2) is 0 Å². The van der Waals surface area contributed by atoms with Crippen molar-refractivity contribution >= 4 is 17.6 Å². The highest BCUT2D eigenvalue weighted by molar-refractivity contribution is 5.96. The molecule has 0 spiro atoms. The number of ether oxygens (including phenoxy) is 1. The average Bonchev–Trinajstić information content (AvgIpc) is 2.96. The van der Waals surface area contributed by atoms with Gasteiger partial charge in [0.05, 0.1) is 12.6 Å². The number of hydrogen-bond donors (Lipinski definition) is 1. The summed E-state index contributed by atoms with van der Waals surface area (Å²) >= 11 is 0. The van der Waals surface area contributed by atoms with Crippen LogP contribution in [0.15, 0.2) is 24.3 Å². The van der Waals surface area contributed by atoms with E-state index in [9.17, 15) is 9.59 Å². The number of likely N-dealkylation sites (tertiary alicyclic amines) is 1. The molecule has 6 nitrogen and oxygen atoms in total. The molecule has 0 radical (unpaired) electrons. The molecule has 0 saturated carbocycles. The second-order valence-corrected chi connectivity index (χ2v) is 7.32. The zero-order valence-corrected chi connectivity index (χ0v) is 15.9. The number of nitrogens with zero attached hydrogens (tertiary/aromatic N) is 2. The van der Waals surface area contributed by atoms with Crippen molar-refractivity contribution in [1.82, 2.24) is 10.2 Å². The van der Waals surface area contributed by atoms with Gasteiger partial charge in [-0.2, -0.15) is 0 Å². The first kappa shape index (κ1) is 18.5. The normalized spacial score (nSPS) is 26.1. The number of anilines is 1. The van der Waals surface area contributed by atoms with Crippen LogP contribution in [-0.2, 0) is 4.79 Å². The maximum absolute atomic E-state index is 12.7. The molecule has 1 aromatic carbocycles. The highest BCUT2D eigenvalue weighted by Gasteiger charge is 2.35. The highest BCUT2D eigenvalue weighted by atomic mass is 16.5. The molecule has 2 aliphatic rings. The lowest BCUT2D eigenvalue weighted by Crippen LogP contribution is -2.54. The van der Waals surface area contributed by atoms with Gasteiger partial charge < -0.3 is 19.9 Å². The molecule has 2 fully saturated rings. The van der Waals surface area contributed by atoms with Crippen molar-refractivity contribution in [1.29, 1.82) is 0 Å². The predicted octanol–water partition coefficient (Wildman–Crippen LogP) is 3.16. The first-order valence-electron chi connectivity index (χ1n) is 9.61. The molecule has 0 aliphatic carbocycles. The van der Waals surface area contributed by atoms with E-state index >= 15 is 0 Å². The van der Waals surface area contributed by atoms with Crippen LogP contribution in [0.3, 0.4) is 0 Å². The predicted molar refractivity (Wildman–Crippen MR) is 102 cm³/mol. The van der Waals surface area contributed by atoms with Gasteiger partial charge in [-0.1, -0.05) is 0 Å². The standard InChI is InChI=1S/C20H29N3O3/c1-4-26-18-10-8-17(9-11-18)22-13-16(12-19(22)24)21-20(25)23-14(2)6-5-7-15(23)3/h8-11,14-16H,4-7,12-13H2,1-3H3,(H,21,25). The first-order valence-corrected chi connectivity index (χ1v) is 9.61. The molecule has 2 saturated heterocycles. The van der Waals surface area contributed by atoms with Gasteiger partial charge in [-0.05, 0) is 64.3 Å². The molecule has 26 heavy (non-hydrogen) atoms. The zero-order chi connectivity index (χ0) is 18.7. The minimum Gasteiger partial charge on any atom is -0.494 e. The van der Waals surface area contributed by atoms with E-state index in [0.717, 1.165) is 24.3 Å². The van der Waals surface area contributed by atoms with Gasteiger partial charge in [-0.25, -0.2) is 4.79 Å². The summed E-state index contributed by atoms with van der Waals surface area (Å²) in [5.74, 6) is 0.833. The van der Waals surface area contributed by atoms with Crippen LogP contribution in [0.5, 0.6) is 5.75 Å². The zero-order valence-electron chi connectivity index (χ0n) is 15.9. The SMILES string of the molecule is CCOc1ccc(N2CC(NC(=O)N3C(C)CCCC3C)CC2=O)cc1. The Labute approximate surface area is 155 Å². The number of benzene rings is 1. The Kier molecular flexibility index (Phi) is 5.69. The van der Waals surface area contributed by atoms with Gasteiger partial charge in [0, 0.05) is 30.7 Å². The molecule has 0 aromatic heterocycles. The van der Waals surface area contributed by atoms with Gasteiger partial charge >= 0.3 is 6.03 Å². The van der Waals surface area contributed by atoms with Crippen molar-refractivity contribution < 1.29 is 14.3 Å². The summed E-state index contributed by atoms with van der Waals surface area (Å²) in [4.78, 5) is 28.8. The van der Waals surface area contributed by atoms with Crippen molar-refractivity contribution in [2.24, 2.45) is 0 Å². The van der Waals surface area contributed by atoms with Crippen molar-refractivity contribution in [2.75, 3.05) is 18.1 Å². The van der Waals surface area contributed by atoms with Crippen LogP contribution in [0.25, 0.3) is 0 Å². The van der Waals surface area contributed by atoms with Crippen LogP contribution in [0.1, 0.15) is 46.5 Å². The fraction of sp³-hybridized carbons (Fsp3) is 0.600. The molecular formula is C20H29N3O3. The number of carbonyl (C=O) groups excluding carboxylic acids is 2. The van der Waals surface area contributed by atoms with E-state index in [1.54, 1.807) is 4.90 Å². The average molecular weight is 359 g/mol. The smallest absolute Gasteiger partial charge is 0.318 e. The summed E-state index contributed by atoms with van der Waals surface area (Å²) in [5.41, 5.74) is 0.843. The summed E-state index contributed by atoms with van der Waals surface area (Å²) in [6, 6.07) is 7.82. The van der Waals surface area contributed by atoms with E-state index in [2.05, 4.69) is 19.2 Å². The summed E-state index contributed by atoms with van der Waals surface area (Å²) in [5, 5.41) is 3.07. The number of piperidine rings is 1. The Morgan fingerprint density at radius 3 is 2.46 bits per heavy atom. The van der Waals surface area contributed by atoms with Gasteiger partial charge in [-0.15, -0.1) is 0 Å². The third kappa shape index (κ3) is 3.94. The molecular weight excluding hydrogens is 330 g/mol. The quantitative estimate of drug-likeness (QED) is 0.898. The molecule has 3 unspecified atom stereocenters. The maximum atomic E-state index is 12.7. The Morgan fingerprint density at radius 1 is 1.19 bits per heavy atom. The number of nitrogens with one attached hydrogen (secondary N) is 1. The number of carbonyl (C=O) groups is 2. The Hall–Kier alpha value is -2.24. The van der Waals surface area contributed by atoms with E-state index in [4.69, 9.17) is 4.74 Å². The lowest BCUT2D eigenvalue weighted by Gasteiger charge is -2.39. The van der Waals surface area contributed by atoms with Crippen LogP contribution in [0.2, 0.25) is 0 Å². The number of hydrogen-bond acceptors (Lipinski definition) is 3. The lowest BCUT2D eigenvalue weighted by atomic mass is 9.98. The lowest BCUT2D eigenvalue weighted by molar-refractivity contribution is -0.117. The molecule has 3 rings (SSSR count). The van der Waals surface area contributed by atoms with Crippen molar-refractivity contribution in [3.8, 4) is 5.75 Å². The maximum Gasteiger partial charge on any atom is 0.318 e. The van der Waals surface area contributed by atoms with Crippen LogP contribution in [0, 0.1) is 0 Å². The molecule has 142 valence electrons.